The van der Waals surface area contributed by atoms with Gasteiger partial charge in [0.2, 0.25) is 0 Å². The molecule has 3 amide bonds. The molecule has 0 aliphatic heterocycles. The first kappa shape index (κ1) is 18.2. The van der Waals surface area contributed by atoms with Gasteiger partial charge in [-0.1, -0.05) is 12.8 Å². The highest BCUT2D eigenvalue weighted by molar-refractivity contribution is 5.97. The molecule has 1 aromatic carbocycles. The maximum atomic E-state index is 12.4. The third-order valence-electron chi connectivity index (χ3n) is 4.63. The molecule has 1 aliphatic rings. The van der Waals surface area contributed by atoms with Crippen LogP contribution in [0.5, 0.6) is 0 Å². The van der Waals surface area contributed by atoms with Gasteiger partial charge in [0, 0.05) is 30.7 Å². The van der Waals surface area contributed by atoms with Gasteiger partial charge in [0.25, 0.3) is 5.91 Å². The van der Waals surface area contributed by atoms with E-state index in [4.69, 9.17) is 0 Å². The highest BCUT2D eigenvalue weighted by Gasteiger charge is 2.18. The molecule has 1 fully saturated rings. The van der Waals surface area contributed by atoms with E-state index in [-0.39, 0.29) is 18.0 Å². The second kappa shape index (κ2) is 8.21. The number of aromatic nitrogens is 2. The first-order valence-corrected chi connectivity index (χ1v) is 9.33. The lowest BCUT2D eigenvalue weighted by Crippen LogP contribution is -2.40. The van der Waals surface area contributed by atoms with Gasteiger partial charge in [-0.05, 0) is 44.9 Å². The Morgan fingerprint density at radius 3 is 2.77 bits per heavy atom. The second-order valence-electron chi connectivity index (χ2n) is 7.15. The molecule has 0 saturated heterocycles. The largest absolute Gasteiger partial charge is 0.349 e. The predicted octanol–water partition coefficient (Wildman–Crippen LogP) is 2.42. The monoisotopic (exact) mass is 357 g/mol. The van der Waals surface area contributed by atoms with E-state index in [9.17, 15) is 9.59 Å². The lowest BCUT2D eigenvalue weighted by atomic mass is 10.1. The van der Waals surface area contributed by atoms with Crippen LogP contribution in [-0.4, -0.2) is 40.1 Å². The number of nitrogens with zero attached hydrogens (tertiary/aromatic N) is 2. The van der Waals surface area contributed by atoms with Crippen LogP contribution in [0.15, 0.2) is 24.5 Å². The van der Waals surface area contributed by atoms with Gasteiger partial charge in [-0.25, -0.2) is 9.78 Å². The fourth-order valence-electron chi connectivity index (χ4n) is 3.33. The molecule has 0 unspecified atom stereocenters. The summed E-state index contributed by atoms with van der Waals surface area (Å²) in [4.78, 5) is 28.4. The maximum absolute atomic E-state index is 12.4. The zero-order chi connectivity index (χ0) is 18.5. The van der Waals surface area contributed by atoms with E-state index in [1.54, 1.807) is 6.33 Å². The SMILES string of the molecule is CC(C)NC(=O)NCCn1cnc2cc(C(=O)NC3CCCC3)ccc21. The van der Waals surface area contributed by atoms with Crippen LogP contribution in [0.1, 0.15) is 49.9 Å². The number of fused-ring (bicyclic) bond motifs is 1. The molecule has 140 valence electrons. The molecule has 2 aromatic rings. The molecular formula is C19H27N5O2. The summed E-state index contributed by atoms with van der Waals surface area (Å²) in [7, 11) is 0. The molecule has 0 bridgehead atoms. The molecule has 7 nitrogen and oxygen atoms in total. The van der Waals surface area contributed by atoms with Crippen molar-refractivity contribution in [3.63, 3.8) is 0 Å². The number of amides is 3. The van der Waals surface area contributed by atoms with E-state index in [2.05, 4.69) is 20.9 Å². The average Bonchev–Trinajstić information content (AvgIpc) is 3.23. The Labute approximate surface area is 153 Å². The van der Waals surface area contributed by atoms with Crippen LogP contribution in [0.25, 0.3) is 11.0 Å². The molecule has 0 atom stereocenters. The smallest absolute Gasteiger partial charge is 0.315 e. The van der Waals surface area contributed by atoms with Crippen LogP contribution in [0.3, 0.4) is 0 Å². The Hall–Kier alpha value is -2.57. The minimum atomic E-state index is -0.171. The number of carbonyl (C=O) groups excluding carboxylic acids is 2. The first-order valence-electron chi connectivity index (χ1n) is 9.33. The Balaban J connectivity index is 1.59. The van der Waals surface area contributed by atoms with Crippen molar-refractivity contribution in [3.05, 3.63) is 30.1 Å². The van der Waals surface area contributed by atoms with Gasteiger partial charge in [0.15, 0.2) is 0 Å². The Kier molecular flexibility index (Phi) is 5.75. The normalized spacial score (nSPS) is 14.7. The average molecular weight is 357 g/mol. The zero-order valence-electron chi connectivity index (χ0n) is 15.4. The van der Waals surface area contributed by atoms with Crippen LogP contribution in [0, 0.1) is 0 Å². The molecule has 7 heteroatoms. The minimum Gasteiger partial charge on any atom is -0.349 e. The predicted molar refractivity (Wildman–Crippen MR) is 101 cm³/mol. The van der Waals surface area contributed by atoms with Crippen LogP contribution < -0.4 is 16.0 Å². The lowest BCUT2D eigenvalue weighted by molar-refractivity contribution is 0.0938. The van der Waals surface area contributed by atoms with Crippen molar-refractivity contribution in [1.82, 2.24) is 25.5 Å². The van der Waals surface area contributed by atoms with Crippen molar-refractivity contribution in [3.8, 4) is 0 Å². The number of imidazole rings is 1. The number of urea groups is 1. The number of rotatable bonds is 6. The van der Waals surface area contributed by atoms with E-state index in [0.717, 1.165) is 23.9 Å². The van der Waals surface area contributed by atoms with Gasteiger partial charge >= 0.3 is 6.03 Å². The lowest BCUT2D eigenvalue weighted by Gasteiger charge is -2.12. The fraction of sp³-hybridized carbons (Fsp3) is 0.526. The Bertz CT molecular complexity index is 777. The quantitative estimate of drug-likeness (QED) is 0.742. The number of hydrogen-bond acceptors (Lipinski definition) is 3. The third kappa shape index (κ3) is 4.53. The number of carbonyl (C=O) groups is 2. The topological polar surface area (TPSA) is 88.1 Å². The van der Waals surface area contributed by atoms with Crippen molar-refractivity contribution in [2.75, 3.05) is 6.54 Å². The second-order valence-corrected chi connectivity index (χ2v) is 7.15. The molecule has 1 heterocycles. The van der Waals surface area contributed by atoms with E-state index in [0.29, 0.717) is 24.7 Å². The van der Waals surface area contributed by atoms with E-state index >= 15 is 0 Å². The molecule has 3 N–H and O–H groups in total. The Morgan fingerprint density at radius 1 is 1.27 bits per heavy atom. The molecule has 1 saturated carbocycles. The number of nitrogens with one attached hydrogen (secondary N) is 3. The summed E-state index contributed by atoms with van der Waals surface area (Å²) < 4.78 is 1.98. The zero-order valence-corrected chi connectivity index (χ0v) is 15.4. The van der Waals surface area contributed by atoms with Crippen LogP contribution >= 0.6 is 0 Å². The highest BCUT2D eigenvalue weighted by atomic mass is 16.2. The van der Waals surface area contributed by atoms with Crippen molar-refractivity contribution in [2.45, 2.75) is 58.2 Å². The van der Waals surface area contributed by atoms with Crippen molar-refractivity contribution in [1.29, 1.82) is 0 Å². The summed E-state index contributed by atoms with van der Waals surface area (Å²) in [6.45, 7) is 4.97. The summed E-state index contributed by atoms with van der Waals surface area (Å²) in [5.41, 5.74) is 2.38. The van der Waals surface area contributed by atoms with E-state index in [1.807, 2.05) is 36.6 Å². The van der Waals surface area contributed by atoms with Gasteiger partial charge in [-0.15, -0.1) is 0 Å². The standard InChI is InChI=1S/C19H27N5O2/c1-13(2)22-19(26)20-9-10-24-12-21-16-11-14(7-8-17(16)24)18(25)23-15-5-3-4-6-15/h7-8,11-13,15H,3-6,9-10H2,1-2H3,(H,23,25)(H2,20,22,26). The third-order valence-corrected chi connectivity index (χ3v) is 4.63. The number of hydrogen-bond donors (Lipinski definition) is 3. The van der Waals surface area contributed by atoms with E-state index < -0.39 is 0 Å². The van der Waals surface area contributed by atoms with Crippen molar-refractivity contribution in [2.24, 2.45) is 0 Å². The van der Waals surface area contributed by atoms with Crippen molar-refractivity contribution < 1.29 is 9.59 Å². The molecule has 0 radical (unpaired) electrons. The summed E-state index contributed by atoms with van der Waals surface area (Å²) in [6.07, 6.45) is 6.26. The Morgan fingerprint density at radius 2 is 2.04 bits per heavy atom. The molecule has 26 heavy (non-hydrogen) atoms. The first-order chi connectivity index (χ1) is 12.5. The van der Waals surface area contributed by atoms with Crippen LogP contribution in [-0.2, 0) is 6.54 Å². The molecule has 1 aromatic heterocycles. The molecular weight excluding hydrogens is 330 g/mol. The van der Waals surface area contributed by atoms with Crippen LogP contribution in [0.2, 0.25) is 0 Å². The molecule has 0 spiro atoms. The molecule has 3 rings (SSSR count). The van der Waals surface area contributed by atoms with Gasteiger partial charge in [0.1, 0.15) is 0 Å². The minimum absolute atomic E-state index is 0.0274. The summed E-state index contributed by atoms with van der Waals surface area (Å²) in [5.74, 6) is -0.0274. The fourth-order valence-corrected chi connectivity index (χ4v) is 3.33. The van der Waals surface area contributed by atoms with Crippen LogP contribution in [0.4, 0.5) is 4.79 Å². The summed E-state index contributed by atoms with van der Waals surface area (Å²) in [6, 6.07) is 5.82. The molecule has 1 aliphatic carbocycles. The maximum Gasteiger partial charge on any atom is 0.315 e. The highest BCUT2D eigenvalue weighted by Crippen LogP contribution is 2.19. The van der Waals surface area contributed by atoms with Crippen molar-refractivity contribution >= 4 is 23.0 Å². The van der Waals surface area contributed by atoms with Gasteiger partial charge in [-0.2, -0.15) is 0 Å². The summed E-state index contributed by atoms with van der Waals surface area (Å²) in [5, 5.41) is 8.72. The van der Waals surface area contributed by atoms with E-state index in [1.165, 1.54) is 12.8 Å². The number of benzene rings is 1. The van der Waals surface area contributed by atoms with Gasteiger partial charge < -0.3 is 20.5 Å². The van der Waals surface area contributed by atoms with Gasteiger partial charge in [-0.3, -0.25) is 4.79 Å². The van der Waals surface area contributed by atoms with Gasteiger partial charge in [0.05, 0.1) is 17.4 Å². The summed E-state index contributed by atoms with van der Waals surface area (Å²) >= 11 is 0.